The molecule has 1 aliphatic carbocycles. The fourth-order valence-corrected chi connectivity index (χ4v) is 7.32. The number of nitrogens with zero attached hydrogens (tertiary/aromatic N) is 3. The molecule has 3 saturated heterocycles. The second-order valence-corrected chi connectivity index (χ2v) is 12.3. The van der Waals surface area contributed by atoms with Crippen LogP contribution in [0.1, 0.15) is 74.8 Å². The van der Waals surface area contributed by atoms with Crippen molar-refractivity contribution in [2.75, 3.05) is 51.3 Å². The Balaban J connectivity index is 1.23. The van der Waals surface area contributed by atoms with Crippen molar-refractivity contribution in [1.82, 2.24) is 9.80 Å². The van der Waals surface area contributed by atoms with Crippen LogP contribution in [0.5, 0.6) is 0 Å². The maximum atomic E-state index is 16.0. The van der Waals surface area contributed by atoms with E-state index in [4.69, 9.17) is 4.74 Å². The molecule has 0 radical (unpaired) electrons. The second kappa shape index (κ2) is 12.1. The van der Waals surface area contributed by atoms with Gasteiger partial charge in [-0.05, 0) is 75.0 Å². The van der Waals surface area contributed by atoms with Gasteiger partial charge in [-0.3, -0.25) is 14.5 Å². The zero-order valence-electron chi connectivity index (χ0n) is 23.7. The number of hydrogen-bond acceptors (Lipinski definition) is 5. The van der Waals surface area contributed by atoms with Crippen molar-refractivity contribution in [1.29, 1.82) is 0 Å². The van der Waals surface area contributed by atoms with E-state index in [0.29, 0.717) is 64.1 Å². The summed E-state index contributed by atoms with van der Waals surface area (Å²) in [4.78, 5) is 30.4. The number of carboxylic acid groups (broad SMARTS) is 1. The smallest absolute Gasteiger partial charge is 0.416 e. The molecule has 7 nitrogen and oxygen atoms in total. The van der Waals surface area contributed by atoms with Gasteiger partial charge in [0.25, 0.3) is 5.91 Å². The Bertz CT molecular complexity index is 1090. The molecule has 0 aromatic heterocycles. The molecule has 1 saturated carbocycles. The first-order chi connectivity index (χ1) is 19.5. The van der Waals surface area contributed by atoms with E-state index in [9.17, 15) is 27.9 Å². The number of methoxy groups -OCH3 is 1. The Morgan fingerprint density at radius 3 is 2.20 bits per heavy atom. The predicted molar refractivity (Wildman–Crippen MR) is 146 cm³/mol. The number of alkyl halides is 4. The number of halogens is 4. The average molecular weight is 584 g/mol. The summed E-state index contributed by atoms with van der Waals surface area (Å²) in [6, 6.07) is 4.09. The van der Waals surface area contributed by atoms with Gasteiger partial charge < -0.3 is 19.6 Å². The van der Waals surface area contributed by atoms with Crippen LogP contribution in [0.15, 0.2) is 18.2 Å². The molecule has 3 heterocycles. The highest BCUT2D eigenvalue weighted by atomic mass is 19.4. The van der Waals surface area contributed by atoms with Crippen LogP contribution in [0, 0.1) is 5.92 Å². The standard InChI is InChI=1S/C30H41F4N3O4/c1-41-24-5-3-23(4-6-24)37-17-12-29(31,19-37)28(40)36-15-8-20(9-16-36)25-7-2-22(30(32,33)34)18-26(25)35-13-10-21(11-14-35)27(38)39/h2,7,18,20-21,23-24H,3-6,8-17,19H2,1H3,(H,38,39)/t23-,24-,29-/m1/s1. The normalized spacial score (nSPS) is 29.2. The van der Waals surface area contributed by atoms with E-state index >= 15 is 4.39 Å². The number of hydrogen-bond donors (Lipinski definition) is 1. The van der Waals surface area contributed by atoms with E-state index in [1.165, 1.54) is 12.1 Å². The number of benzene rings is 1. The minimum atomic E-state index is -4.49. The summed E-state index contributed by atoms with van der Waals surface area (Å²) in [5.74, 6) is -1.90. The number of likely N-dealkylation sites (tertiary alicyclic amines) is 2. The Morgan fingerprint density at radius 1 is 0.951 bits per heavy atom. The largest absolute Gasteiger partial charge is 0.481 e. The van der Waals surface area contributed by atoms with Crippen LogP contribution >= 0.6 is 0 Å². The SMILES string of the molecule is CO[C@H]1CC[C@H](N2CC[C@](F)(C(=O)N3CCC(c4ccc(C(F)(F)F)cc4N4CCC(C(=O)O)CC4)CC3)C2)CC1. The lowest BCUT2D eigenvalue weighted by Crippen LogP contribution is -2.51. The monoisotopic (exact) mass is 583 g/mol. The molecule has 0 bridgehead atoms. The summed E-state index contributed by atoms with van der Waals surface area (Å²) in [6.07, 6.45) is 1.56. The number of carbonyl (C=O) groups excluding carboxylic acids is 1. The molecular weight excluding hydrogens is 542 g/mol. The maximum absolute atomic E-state index is 16.0. The lowest BCUT2D eigenvalue weighted by molar-refractivity contribution is -0.144. The number of piperidine rings is 2. The van der Waals surface area contributed by atoms with E-state index in [2.05, 4.69) is 4.90 Å². The van der Waals surface area contributed by atoms with Crippen molar-refractivity contribution in [3.8, 4) is 0 Å². The van der Waals surface area contributed by atoms with Gasteiger partial charge in [0.1, 0.15) is 0 Å². The van der Waals surface area contributed by atoms with Crippen molar-refractivity contribution < 1.29 is 37.0 Å². The number of carbonyl (C=O) groups is 2. The first-order valence-electron chi connectivity index (χ1n) is 14.9. The van der Waals surface area contributed by atoms with E-state index < -0.39 is 35.2 Å². The Labute approximate surface area is 238 Å². The summed E-state index contributed by atoms with van der Waals surface area (Å²) >= 11 is 0. The van der Waals surface area contributed by atoms with E-state index in [1.54, 1.807) is 12.0 Å². The van der Waals surface area contributed by atoms with Gasteiger partial charge in [-0.15, -0.1) is 0 Å². The van der Waals surface area contributed by atoms with Gasteiger partial charge in [0.05, 0.1) is 17.6 Å². The summed E-state index contributed by atoms with van der Waals surface area (Å²) < 4.78 is 62.2. The van der Waals surface area contributed by atoms with Crippen molar-refractivity contribution >= 4 is 17.6 Å². The molecule has 228 valence electrons. The van der Waals surface area contributed by atoms with Crippen molar-refractivity contribution in [2.45, 2.75) is 87.7 Å². The quantitative estimate of drug-likeness (QED) is 0.471. The number of amides is 1. The second-order valence-electron chi connectivity index (χ2n) is 12.3. The van der Waals surface area contributed by atoms with Gasteiger partial charge in [0, 0.05) is 64.5 Å². The van der Waals surface area contributed by atoms with Crippen LogP contribution in [0.25, 0.3) is 0 Å². The van der Waals surface area contributed by atoms with Crippen LogP contribution in [0.2, 0.25) is 0 Å². The fourth-order valence-electron chi connectivity index (χ4n) is 7.32. The van der Waals surface area contributed by atoms with Gasteiger partial charge >= 0.3 is 12.1 Å². The number of rotatable bonds is 6. The van der Waals surface area contributed by atoms with Crippen LogP contribution < -0.4 is 4.90 Å². The van der Waals surface area contributed by atoms with Gasteiger partial charge in [-0.25, -0.2) is 4.39 Å². The molecule has 3 aliphatic heterocycles. The highest BCUT2D eigenvalue weighted by Gasteiger charge is 2.49. The first kappa shape index (κ1) is 30.1. The topological polar surface area (TPSA) is 73.3 Å². The molecule has 1 atom stereocenters. The molecule has 4 aliphatic rings. The van der Waals surface area contributed by atoms with Crippen LogP contribution in [-0.4, -0.2) is 91.0 Å². The third-order valence-corrected chi connectivity index (χ3v) is 9.89. The first-order valence-corrected chi connectivity index (χ1v) is 14.9. The number of aliphatic carboxylic acids is 1. The van der Waals surface area contributed by atoms with E-state index in [0.717, 1.165) is 37.3 Å². The molecule has 0 spiro atoms. The molecule has 1 aromatic carbocycles. The molecular formula is C30H41F4N3O4. The Kier molecular flexibility index (Phi) is 8.85. The number of carboxylic acids is 1. The van der Waals surface area contributed by atoms with Gasteiger partial charge in [0.2, 0.25) is 5.67 Å². The predicted octanol–water partition coefficient (Wildman–Crippen LogP) is 5.08. The summed E-state index contributed by atoms with van der Waals surface area (Å²) in [5, 5.41) is 9.34. The minimum absolute atomic E-state index is 0.0693. The summed E-state index contributed by atoms with van der Waals surface area (Å²) in [6.45, 7) is 2.14. The molecule has 1 aromatic rings. The average Bonchev–Trinajstić information content (AvgIpc) is 3.39. The van der Waals surface area contributed by atoms with E-state index in [-0.39, 0.29) is 31.0 Å². The molecule has 5 rings (SSSR count). The Morgan fingerprint density at radius 2 is 1.61 bits per heavy atom. The van der Waals surface area contributed by atoms with Crippen molar-refractivity contribution in [3.05, 3.63) is 29.3 Å². The zero-order chi connectivity index (χ0) is 29.4. The van der Waals surface area contributed by atoms with Crippen LogP contribution in [0.3, 0.4) is 0 Å². The maximum Gasteiger partial charge on any atom is 0.416 e. The highest BCUT2D eigenvalue weighted by molar-refractivity contribution is 5.86. The third kappa shape index (κ3) is 6.50. The van der Waals surface area contributed by atoms with Crippen LogP contribution in [0.4, 0.5) is 23.2 Å². The molecule has 11 heteroatoms. The highest BCUT2D eigenvalue weighted by Crippen LogP contribution is 2.41. The summed E-state index contributed by atoms with van der Waals surface area (Å²) in [7, 11) is 1.72. The third-order valence-electron chi connectivity index (χ3n) is 9.89. The Hall–Kier alpha value is -2.40. The molecule has 0 unspecified atom stereocenters. The minimum Gasteiger partial charge on any atom is -0.481 e. The number of anilines is 1. The van der Waals surface area contributed by atoms with Gasteiger partial charge in [-0.2, -0.15) is 13.2 Å². The van der Waals surface area contributed by atoms with Crippen LogP contribution in [-0.2, 0) is 20.5 Å². The van der Waals surface area contributed by atoms with Gasteiger partial charge in [0.15, 0.2) is 0 Å². The number of ether oxygens (including phenoxy) is 1. The zero-order valence-corrected chi connectivity index (χ0v) is 23.7. The molecule has 1 N–H and O–H groups in total. The molecule has 41 heavy (non-hydrogen) atoms. The van der Waals surface area contributed by atoms with Crippen molar-refractivity contribution in [3.63, 3.8) is 0 Å². The van der Waals surface area contributed by atoms with Crippen molar-refractivity contribution in [2.24, 2.45) is 5.92 Å². The summed E-state index contributed by atoms with van der Waals surface area (Å²) in [5.41, 5.74) is -1.36. The lowest BCUT2D eigenvalue weighted by atomic mass is 9.86. The fraction of sp³-hybridized carbons (Fsp3) is 0.733. The lowest BCUT2D eigenvalue weighted by Gasteiger charge is -2.39. The molecule has 1 amide bonds. The molecule has 4 fully saturated rings. The van der Waals surface area contributed by atoms with Gasteiger partial charge in [-0.1, -0.05) is 6.07 Å². The van der Waals surface area contributed by atoms with E-state index in [1.807, 2.05) is 4.90 Å².